The Morgan fingerprint density at radius 3 is 2.16 bits per heavy atom. The molecule has 0 aromatic heterocycles. The molecule has 4 atom stereocenters. The summed E-state index contributed by atoms with van der Waals surface area (Å²) >= 11 is 0. The smallest absolute Gasteiger partial charge is 0.224 e. The van der Waals surface area contributed by atoms with Gasteiger partial charge in [0.1, 0.15) is 11.6 Å². The third-order valence-electron chi connectivity index (χ3n) is 7.33. The van der Waals surface area contributed by atoms with Crippen LogP contribution in [0.1, 0.15) is 43.0 Å². The molecule has 1 aliphatic heterocycles. The zero-order valence-corrected chi connectivity index (χ0v) is 18.1. The van der Waals surface area contributed by atoms with E-state index in [2.05, 4.69) is 22.4 Å². The van der Waals surface area contributed by atoms with E-state index in [0.717, 1.165) is 38.8 Å². The van der Waals surface area contributed by atoms with Crippen molar-refractivity contribution in [3.05, 3.63) is 47.8 Å². The van der Waals surface area contributed by atoms with Gasteiger partial charge >= 0.3 is 0 Å². The SMILES string of the molecule is CC(=O)C1C2C=CC(CC2)C1C(=O)NCC1CCN(CC(=O)c2ccc(F)cc2)CC1. The minimum Gasteiger partial charge on any atom is -0.356 e. The van der Waals surface area contributed by atoms with Crippen LogP contribution in [-0.4, -0.2) is 48.6 Å². The largest absolute Gasteiger partial charge is 0.356 e. The molecule has 166 valence electrons. The molecule has 1 aromatic rings. The molecule has 1 N–H and O–H groups in total. The van der Waals surface area contributed by atoms with Gasteiger partial charge in [-0.2, -0.15) is 0 Å². The summed E-state index contributed by atoms with van der Waals surface area (Å²) in [4.78, 5) is 39.7. The second kappa shape index (κ2) is 9.43. The van der Waals surface area contributed by atoms with E-state index in [1.807, 2.05) is 0 Å². The number of nitrogens with zero attached hydrogens (tertiary/aromatic N) is 1. The molecule has 4 unspecified atom stereocenters. The number of allylic oxidation sites excluding steroid dienone is 2. The molecule has 2 bridgehead atoms. The molecular formula is C25H31FN2O3. The summed E-state index contributed by atoms with van der Waals surface area (Å²) in [5.41, 5.74) is 0.534. The Bertz CT molecular complexity index is 858. The van der Waals surface area contributed by atoms with Crippen molar-refractivity contribution in [2.24, 2.45) is 29.6 Å². The summed E-state index contributed by atoms with van der Waals surface area (Å²) in [5.74, 6) is 0.171. The predicted molar refractivity (Wildman–Crippen MR) is 116 cm³/mol. The van der Waals surface area contributed by atoms with E-state index < -0.39 is 0 Å². The van der Waals surface area contributed by atoms with Crippen LogP contribution in [0.2, 0.25) is 0 Å². The number of carbonyl (C=O) groups excluding carboxylic acids is 3. The Morgan fingerprint density at radius 1 is 0.968 bits per heavy atom. The van der Waals surface area contributed by atoms with Crippen LogP contribution in [0.5, 0.6) is 0 Å². The summed E-state index contributed by atoms with van der Waals surface area (Å²) in [6, 6.07) is 5.68. The maximum atomic E-state index is 13.0. The summed E-state index contributed by atoms with van der Waals surface area (Å²) in [6.45, 7) is 4.19. The van der Waals surface area contributed by atoms with Gasteiger partial charge < -0.3 is 5.32 Å². The number of benzene rings is 1. The van der Waals surface area contributed by atoms with Gasteiger partial charge in [0.25, 0.3) is 0 Å². The van der Waals surface area contributed by atoms with Gasteiger partial charge in [-0.3, -0.25) is 19.3 Å². The van der Waals surface area contributed by atoms with Crippen molar-refractivity contribution < 1.29 is 18.8 Å². The molecule has 2 fully saturated rings. The highest BCUT2D eigenvalue weighted by Gasteiger charge is 2.46. The maximum Gasteiger partial charge on any atom is 0.224 e. The van der Waals surface area contributed by atoms with Crippen molar-refractivity contribution in [3.63, 3.8) is 0 Å². The number of hydrogen-bond donors (Lipinski definition) is 1. The van der Waals surface area contributed by atoms with Gasteiger partial charge in [-0.05, 0) is 87.7 Å². The number of ketones is 2. The van der Waals surface area contributed by atoms with Crippen LogP contribution in [0.4, 0.5) is 4.39 Å². The molecule has 6 heteroatoms. The highest BCUT2D eigenvalue weighted by Crippen LogP contribution is 2.45. The van der Waals surface area contributed by atoms with Crippen molar-refractivity contribution in [1.29, 1.82) is 0 Å². The second-order valence-electron chi connectivity index (χ2n) is 9.35. The molecule has 31 heavy (non-hydrogen) atoms. The van der Waals surface area contributed by atoms with E-state index >= 15 is 0 Å². The lowest BCUT2D eigenvalue weighted by Crippen LogP contribution is -2.49. The molecule has 0 radical (unpaired) electrons. The third-order valence-corrected chi connectivity index (χ3v) is 7.33. The monoisotopic (exact) mass is 426 g/mol. The highest BCUT2D eigenvalue weighted by atomic mass is 19.1. The number of halogens is 1. The maximum absolute atomic E-state index is 13.0. The lowest BCUT2D eigenvalue weighted by Gasteiger charge is -2.43. The molecule has 1 heterocycles. The first-order chi connectivity index (χ1) is 14.9. The normalized spacial score (nSPS) is 28.5. The summed E-state index contributed by atoms with van der Waals surface area (Å²) in [6.07, 6.45) is 8.10. The molecule has 1 saturated carbocycles. The van der Waals surface area contributed by atoms with E-state index in [4.69, 9.17) is 0 Å². The third kappa shape index (κ3) is 4.95. The fourth-order valence-corrected chi connectivity index (χ4v) is 5.55. The standard InChI is InChI=1S/C25H31FN2O3/c1-16(29)23-19-2-4-20(5-3-19)24(23)25(31)27-14-17-10-12-28(13-11-17)15-22(30)18-6-8-21(26)9-7-18/h2,4,6-9,17,19-20,23-24H,3,5,10-15H2,1H3,(H,27,31). The molecule has 0 spiro atoms. The Labute approximate surface area is 183 Å². The molecule has 1 saturated heterocycles. The Morgan fingerprint density at radius 2 is 1.58 bits per heavy atom. The molecule has 3 aliphatic carbocycles. The van der Waals surface area contributed by atoms with Crippen LogP contribution in [0.3, 0.4) is 0 Å². The quantitative estimate of drug-likeness (QED) is 0.537. The first-order valence-electron chi connectivity index (χ1n) is 11.4. The Hall–Kier alpha value is -2.34. The van der Waals surface area contributed by atoms with E-state index in [-0.39, 0.29) is 47.0 Å². The number of likely N-dealkylation sites (tertiary alicyclic amines) is 1. The average Bonchev–Trinajstić information content (AvgIpc) is 2.79. The van der Waals surface area contributed by atoms with E-state index in [1.54, 1.807) is 6.92 Å². The first kappa shape index (κ1) is 21.9. The summed E-state index contributed by atoms with van der Waals surface area (Å²) in [7, 11) is 0. The van der Waals surface area contributed by atoms with Gasteiger partial charge in [0.05, 0.1) is 12.5 Å². The van der Waals surface area contributed by atoms with Crippen molar-refractivity contribution in [1.82, 2.24) is 10.2 Å². The molecule has 5 nitrogen and oxygen atoms in total. The second-order valence-corrected chi connectivity index (χ2v) is 9.35. The van der Waals surface area contributed by atoms with Crippen LogP contribution < -0.4 is 5.32 Å². The van der Waals surface area contributed by atoms with Crippen LogP contribution >= 0.6 is 0 Å². The van der Waals surface area contributed by atoms with Crippen molar-refractivity contribution in [2.75, 3.05) is 26.2 Å². The number of nitrogens with one attached hydrogen (secondary N) is 1. The first-order valence-corrected chi connectivity index (χ1v) is 11.4. The highest BCUT2D eigenvalue weighted by molar-refractivity contribution is 5.97. The predicted octanol–water partition coefficient (Wildman–Crippen LogP) is 3.25. The van der Waals surface area contributed by atoms with Gasteiger partial charge in [-0.1, -0.05) is 12.2 Å². The van der Waals surface area contributed by atoms with E-state index in [1.165, 1.54) is 24.3 Å². The number of amides is 1. The van der Waals surface area contributed by atoms with Crippen molar-refractivity contribution in [3.8, 4) is 0 Å². The van der Waals surface area contributed by atoms with Crippen LogP contribution in [0.15, 0.2) is 36.4 Å². The van der Waals surface area contributed by atoms with Crippen LogP contribution in [0, 0.1) is 35.4 Å². The average molecular weight is 427 g/mol. The summed E-state index contributed by atoms with van der Waals surface area (Å²) < 4.78 is 13.0. The fraction of sp³-hybridized carbons (Fsp3) is 0.560. The summed E-state index contributed by atoms with van der Waals surface area (Å²) in [5, 5.41) is 3.13. The van der Waals surface area contributed by atoms with Gasteiger partial charge in [0, 0.05) is 18.0 Å². The molecule has 5 rings (SSSR count). The van der Waals surface area contributed by atoms with E-state index in [9.17, 15) is 18.8 Å². The lowest BCUT2D eigenvalue weighted by molar-refractivity contribution is -0.138. The number of piperidine rings is 1. The van der Waals surface area contributed by atoms with Crippen LogP contribution in [-0.2, 0) is 9.59 Å². The van der Waals surface area contributed by atoms with Gasteiger partial charge in [0.15, 0.2) is 5.78 Å². The van der Waals surface area contributed by atoms with Gasteiger partial charge in [-0.25, -0.2) is 4.39 Å². The fourth-order valence-electron chi connectivity index (χ4n) is 5.55. The number of rotatable bonds is 7. The van der Waals surface area contributed by atoms with Crippen molar-refractivity contribution in [2.45, 2.75) is 32.6 Å². The number of fused-ring (bicyclic) bond motifs is 2. The van der Waals surface area contributed by atoms with Gasteiger partial charge in [0.2, 0.25) is 5.91 Å². The zero-order chi connectivity index (χ0) is 22.0. The lowest BCUT2D eigenvalue weighted by atomic mass is 9.61. The molecule has 4 aliphatic rings. The zero-order valence-electron chi connectivity index (χ0n) is 18.1. The number of carbonyl (C=O) groups is 3. The topological polar surface area (TPSA) is 66.5 Å². The van der Waals surface area contributed by atoms with E-state index in [0.29, 0.717) is 24.6 Å². The molecule has 1 amide bonds. The van der Waals surface area contributed by atoms with Crippen molar-refractivity contribution >= 4 is 17.5 Å². The Kier molecular flexibility index (Phi) is 6.65. The minimum absolute atomic E-state index is 0.00225. The molecular weight excluding hydrogens is 395 g/mol. The van der Waals surface area contributed by atoms with Gasteiger partial charge in [-0.15, -0.1) is 0 Å². The number of hydrogen-bond acceptors (Lipinski definition) is 4. The Balaban J connectivity index is 1.23. The number of Topliss-reactive ketones (excluding diaryl/α,β-unsaturated/α-hetero) is 2. The molecule has 1 aromatic carbocycles. The van der Waals surface area contributed by atoms with Crippen LogP contribution in [0.25, 0.3) is 0 Å². The minimum atomic E-state index is -0.342.